The predicted octanol–water partition coefficient (Wildman–Crippen LogP) is 3.17. The van der Waals surface area contributed by atoms with Gasteiger partial charge < -0.3 is 0 Å². The molecular weight excluding hydrogens is 177 g/mol. The zero-order chi connectivity index (χ0) is 9.35. The van der Waals surface area contributed by atoms with E-state index in [9.17, 15) is 4.39 Å². The Morgan fingerprint density at radius 2 is 2.00 bits per heavy atom. The van der Waals surface area contributed by atoms with E-state index in [2.05, 4.69) is 4.98 Å². The largest absolute Gasteiger partial charge is 0.228 e. The van der Waals surface area contributed by atoms with Crippen molar-refractivity contribution in [1.82, 2.24) is 4.98 Å². The van der Waals surface area contributed by atoms with Crippen molar-refractivity contribution >= 4 is 11.6 Å². The molecule has 1 nitrogen and oxygen atoms in total. The molecule has 0 fully saturated rings. The Labute approximate surface area is 76.6 Å². The fourth-order valence-corrected chi connectivity index (χ4v) is 1.50. The van der Waals surface area contributed by atoms with E-state index in [1.807, 2.05) is 20.8 Å². The van der Waals surface area contributed by atoms with Gasteiger partial charge in [0.1, 0.15) is 0 Å². The molecule has 1 aromatic rings. The average molecular weight is 188 g/mol. The first-order valence-corrected chi connectivity index (χ1v) is 4.11. The average Bonchev–Trinajstić information content (AvgIpc) is 1.82. The molecule has 0 aliphatic rings. The molecule has 0 bridgehead atoms. The van der Waals surface area contributed by atoms with Gasteiger partial charge in [-0.3, -0.25) is 0 Å². The molecule has 0 amide bonds. The van der Waals surface area contributed by atoms with Gasteiger partial charge in [0.05, 0.1) is 5.02 Å². The second kappa shape index (κ2) is 3.02. The summed E-state index contributed by atoms with van der Waals surface area (Å²) < 4.78 is 13.2. The standard InChI is InChI=1S/C9H11ClFN/c1-9(2,3)7-6(10)4-5-12-8(7)11/h4-5H,1-3H3. The normalized spacial score (nSPS) is 11.8. The fraction of sp³-hybridized carbons (Fsp3) is 0.444. The molecule has 0 saturated carbocycles. The Morgan fingerprint density at radius 1 is 1.42 bits per heavy atom. The summed E-state index contributed by atoms with van der Waals surface area (Å²) in [5.41, 5.74) is 0.182. The molecule has 0 saturated heterocycles. The SMILES string of the molecule is CC(C)(C)c1c(Cl)ccnc1F. The van der Waals surface area contributed by atoms with Crippen LogP contribution in [0.5, 0.6) is 0 Å². The molecule has 12 heavy (non-hydrogen) atoms. The fourth-order valence-electron chi connectivity index (χ4n) is 1.08. The van der Waals surface area contributed by atoms with E-state index in [0.29, 0.717) is 10.6 Å². The Balaban J connectivity index is 3.31. The molecule has 0 radical (unpaired) electrons. The van der Waals surface area contributed by atoms with Gasteiger partial charge in [0.15, 0.2) is 0 Å². The predicted molar refractivity (Wildman–Crippen MR) is 47.9 cm³/mol. The van der Waals surface area contributed by atoms with Gasteiger partial charge in [0, 0.05) is 11.8 Å². The van der Waals surface area contributed by atoms with Crippen LogP contribution in [0.2, 0.25) is 5.02 Å². The van der Waals surface area contributed by atoms with Crippen LogP contribution in [0, 0.1) is 5.95 Å². The van der Waals surface area contributed by atoms with Crippen LogP contribution in [-0.2, 0) is 5.41 Å². The van der Waals surface area contributed by atoms with Crippen molar-refractivity contribution in [3.8, 4) is 0 Å². The maximum absolute atomic E-state index is 13.2. The van der Waals surface area contributed by atoms with E-state index in [1.54, 1.807) is 6.07 Å². The van der Waals surface area contributed by atoms with E-state index in [4.69, 9.17) is 11.6 Å². The van der Waals surface area contributed by atoms with Gasteiger partial charge >= 0.3 is 0 Å². The molecule has 0 atom stereocenters. The lowest BCUT2D eigenvalue weighted by atomic mass is 9.88. The summed E-state index contributed by atoms with van der Waals surface area (Å²) in [6.07, 6.45) is 1.37. The second-order valence-electron chi connectivity index (χ2n) is 3.71. The molecular formula is C9H11ClFN. The van der Waals surface area contributed by atoms with Crippen molar-refractivity contribution in [1.29, 1.82) is 0 Å². The van der Waals surface area contributed by atoms with Crippen LogP contribution >= 0.6 is 11.6 Å². The van der Waals surface area contributed by atoms with Gasteiger partial charge in [-0.15, -0.1) is 0 Å². The van der Waals surface area contributed by atoms with Crippen LogP contribution in [0.4, 0.5) is 4.39 Å². The van der Waals surface area contributed by atoms with E-state index >= 15 is 0 Å². The molecule has 66 valence electrons. The third kappa shape index (κ3) is 1.75. The summed E-state index contributed by atoms with van der Waals surface area (Å²) in [4.78, 5) is 3.56. The van der Waals surface area contributed by atoms with Crippen molar-refractivity contribution in [3.63, 3.8) is 0 Å². The van der Waals surface area contributed by atoms with Crippen LogP contribution in [0.15, 0.2) is 12.3 Å². The third-order valence-electron chi connectivity index (χ3n) is 1.60. The molecule has 1 rings (SSSR count). The summed E-state index contributed by atoms with van der Waals surface area (Å²) in [6.45, 7) is 5.71. The van der Waals surface area contributed by atoms with Crippen LogP contribution in [0.1, 0.15) is 26.3 Å². The van der Waals surface area contributed by atoms with Gasteiger partial charge in [0.2, 0.25) is 5.95 Å². The molecule has 0 aromatic carbocycles. The minimum atomic E-state index is -0.477. The lowest BCUT2D eigenvalue weighted by molar-refractivity contribution is 0.499. The molecule has 0 N–H and O–H groups in total. The van der Waals surface area contributed by atoms with Gasteiger partial charge in [0.25, 0.3) is 0 Å². The van der Waals surface area contributed by atoms with Crippen LogP contribution in [0.3, 0.4) is 0 Å². The van der Waals surface area contributed by atoms with E-state index in [1.165, 1.54) is 6.20 Å². The van der Waals surface area contributed by atoms with Gasteiger partial charge in [-0.1, -0.05) is 32.4 Å². The highest BCUT2D eigenvalue weighted by Gasteiger charge is 2.22. The number of hydrogen-bond acceptors (Lipinski definition) is 1. The monoisotopic (exact) mass is 187 g/mol. The van der Waals surface area contributed by atoms with E-state index < -0.39 is 5.95 Å². The van der Waals surface area contributed by atoms with Crippen molar-refractivity contribution in [3.05, 3.63) is 28.8 Å². The first-order valence-electron chi connectivity index (χ1n) is 3.73. The summed E-state index contributed by atoms with van der Waals surface area (Å²) in [5.74, 6) is -0.477. The van der Waals surface area contributed by atoms with Crippen LogP contribution in [-0.4, -0.2) is 4.98 Å². The first kappa shape index (κ1) is 9.46. The number of pyridine rings is 1. The zero-order valence-corrected chi connectivity index (χ0v) is 8.11. The lowest BCUT2D eigenvalue weighted by Gasteiger charge is -2.20. The van der Waals surface area contributed by atoms with Crippen molar-refractivity contribution in [2.24, 2.45) is 0 Å². The van der Waals surface area contributed by atoms with Crippen LogP contribution in [0.25, 0.3) is 0 Å². The molecule has 3 heteroatoms. The molecule has 0 aliphatic heterocycles. The van der Waals surface area contributed by atoms with Gasteiger partial charge in [-0.05, 0) is 11.5 Å². The molecule has 0 spiro atoms. The topological polar surface area (TPSA) is 12.9 Å². The summed E-state index contributed by atoms with van der Waals surface area (Å²) in [6, 6.07) is 1.60. The van der Waals surface area contributed by atoms with Crippen molar-refractivity contribution in [2.75, 3.05) is 0 Å². The third-order valence-corrected chi connectivity index (χ3v) is 1.92. The number of hydrogen-bond donors (Lipinski definition) is 0. The van der Waals surface area contributed by atoms with E-state index in [0.717, 1.165) is 0 Å². The van der Waals surface area contributed by atoms with Gasteiger partial charge in [-0.25, -0.2) is 4.98 Å². The number of rotatable bonds is 0. The highest BCUT2D eigenvalue weighted by Crippen LogP contribution is 2.30. The quantitative estimate of drug-likeness (QED) is 0.569. The van der Waals surface area contributed by atoms with Crippen molar-refractivity contribution < 1.29 is 4.39 Å². The molecule has 0 aliphatic carbocycles. The first-order chi connectivity index (χ1) is 5.43. The highest BCUT2D eigenvalue weighted by molar-refractivity contribution is 6.31. The van der Waals surface area contributed by atoms with Crippen LogP contribution < -0.4 is 0 Å². The highest BCUT2D eigenvalue weighted by atomic mass is 35.5. The van der Waals surface area contributed by atoms with Gasteiger partial charge in [-0.2, -0.15) is 4.39 Å². The van der Waals surface area contributed by atoms with E-state index in [-0.39, 0.29) is 5.41 Å². The molecule has 0 unspecified atom stereocenters. The molecule has 1 aromatic heterocycles. The number of halogens is 2. The minimum absolute atomic E-state index is 0.296. The Kier molecular flexibility index (Phi) is 2.38. The summed E-state index contributed by atoms with van der Waals surface area (Å²) in [7, 11) is 0. The summed E-state index contributed by atoms with van der Waals surface area (Å²) >= 11 is 5.83. The number of nitrogens with zero attached hydrogens (tertiary/aromatic N) is 1. The second-order valence-corrected chi connectivity index (χ2v) is 4.12. The minimum Gasteiger partial charge on any atom is -0.228 e. The maximum Gasteiger partial charge on any atom is 0.218 e. The molecule has 1 heterocycles. The lowest BCUT2D eigenvalue weighted by Crippen LogP contribution is -2.15. The maximum atomic E-state index is 13.2. The Morgan fingerprint density at radius 3 is 2.33 bits per heavy atom. The summed E-state index contributed by atoms with van der Waals surface area (Å²) in [5, 5.41) is 0.440. The zero-order valence-electron chi connectivity index (χ0n) is 7.36. The van der Waals surface area contributed by atoms with Crippen molar-refractivity contribution in [2.45, 2.75) is 26.2 Å². The number of aromatic nitrogens is 1. The smallest absolute Gasteiger partial charge is 0.218 e. The Bertz CT molecular complexity index is 271. The Hall–Kier alpha value is -0.630.